The lowest BCUT2D eigenvalue weighted by molar-refractivity contribution is -0.150. The number of carbonyl (C=O) groups excluding carboxylic acids is 1. The number of ether oxygens (including phenoxy) is 1. The van der Waals surface area contributed by atoms with Crippen molar-refractivity contribution in [1.82, 2.24) is 0 Å². The van der Waals surface area contributed by atoms with Gasteiger partial charge in [-0.1, -0.05) is 13.8 Å². The van der Waals surface area contributed by atoms with Crippen LogP contribution in [-0.2, 0) is 9.53 Å². The van der Waals surface area contributed by atoms with Gasteiger partial charge in [-0.15, -0.1) is 0 Å². The summed E-state index contributed by atoms with van der Waals surface area (Å²) in [5.41, 5.74) is 5.44. The molecule has 0 bridgehead atoms. The fraction of sp³-hybridized carbons (Fsp3) is 0.875. The second-order valence-electron chi connectivity index (χ2n) is 2.67. The smallest absolute Gasteiger partial charge is 0.323 e. The van der Waals surface area contributed by atoms with E-state index in [1.54, 1.807) is 0 Å². The Morgan fingerprint density at radius 3 is 2.36 bits per heavy atom. The van der Waals surface area contributed by atoms with E-state index in [4.69, 9.17) is 10.5 Å². The third kappa shape index (κ3) is 3.98. The summed E-state index contributed by atoms with van der Waals surface area (Å²) in [6.45, 7) is 5.69. The maximum atomic E-state index is 11.0. The van der Waals surface area contributed by atoms with Crippen LogP contribution in [0.1, 0.15) is 33.6 Å². The van der Waals surface area contributed by atoms with Crippen LogP contribution in [0.2, 0.25) is 0 Å². The average Bonchev–Trinajstić information content (AvgIpc) is 2.02. The van der Waals surface area contributed by atoms with E-state index in [0.717, 1.165) is 6.42 Å². The first kappa shape index (κ1) is 10.4. The number of rotatable bonds is 4. The minimum Gasteiger partial charge on any atom is -0.462 e. The van der Waals surface area contributed by atoms with Crippen molar-refractivity contribution in [2.45, 2.75) is 45.8 Å². The summed E-state index contributed by atoms with van der Waals surface area (Å²) in [5.74, 6) is -0.290. The molecular weight excluding hydrogens is 142 g/mol. The van der Waals surface area contributed by atoms with E-state index in [-0.39, 0.29) is 12.1 Å². The number of nitrogens with two attached hydrogens (primary N) is 1. The van der Waals surface area contributed by atoms with Crippen LogP contribution in [0.5, 0.6) is 0 Å². The van der Waals surface area contributed by atoms with Gasteiger partial charge in [0.2, 0.25) is 0 Å². The Morgan fingerprint density at radius 1 is 1.45 bits per heavy atom. The lowest BCUT2D eigenvalue weighted by atomic mass is 10.2. The molecule has 0 aromatic rings. The molecule has 0 rings (SSSR count). The fourth-order valence-corrected chi connectivity index (χ4v) is 0.536. The van der Waals surface area contributed by atoms with Gasteiger partial charge in [0.25, 0.3) is 0 Å². The minimum absolute atomic E-state index is 0.0138. The number of hydrogen-bond donors (Lipinski definition) is 1. The van der Waals surface area contributed by atoms with Gasteiger partial charge >= 0.3 is 5.97 Å². The molecular formula is C8H17NO2. The summed E-state index contributed by atoms with van der Waals surface area (Å²) in [6.07, 6.45) is 1.46. The third-order valence-corrected chi connectivity index (χ3v) is 1.63. The maximum absolute atomic E-state index is 11.0. The largest absolute Gasteiger partial charge is 0.462 e. The van der Waals surface area contributed by atoms with Gasteiger partial charge in [0.05, 0.1) is 6.10 Å². The molecule has 0 aromatic carbocycles. The molecule has 0 saturated carbocycles. The number of carbonyl (C=O) groups is 1. The van der Waals surface area contributed by atoms with E-state index in [1.807, 2.05) is 20.8 Å². The highest BCUT2D eigenvalue weighted by molar-refractivity contribution is 5.75. The van der Waals surface area contributed by atoms with Gasteiger partial charge in [-0.3, -0.25) is 4.79 Å². The van der Waals surface area contributed by atoms with Crippen LogP contribution >= 0.6 is 0 Å². The van der Waals surface area contributed by atoms with Crippen molar-refractivity contribution >= 4 is 5.97 Å². The zero-order chi connectivity index (χ0) is 8.85. The van der Waals surface area contributed by atoms with E-state index < -0.39 is 6.04 Å². The van der Waals surface area contributed by atoms with E-state index in [2.05, 4.69) is 0 Å². The Labute approximate surface area is 67.9 Å². The van der Waals surface area contributed by atoms with Gasteiger partial charge in [-0.2, -0.15) is 0 Å². The molecule has 0 unspecified atom stereocenters. The summed E-state index contributed by atoms with van der Waals surface area (Å²) in [5, 5.41) is 0. The van der Waals surface area contributed by atoms with Gasteiger partial charge in [0, 0.05) is 0 Å². The molecule has 3 nitrogen and oxygen atoms in total. The van der Waals surface area contributed by atoms with Crippen molar-refractivity contribution in [2.75, 3.05) is 0 Å². The number of hydrogen-bond acceptors (Lipinski definition) is 3. The second kappa shape index (κ2) is 5.13. The summed E-state index contributed by atoms with van der Waals surface area (Å²) in [4.78, 5) is 11.0. The zero-order valence-electron chi connectivity index (χ0n) is 7.46. The second-order valence-corrected chi connectivity index (χ2v) is 2.67. The quantitative estimate of drug-likeness (QED) is 0.624. The third-order valence-electron chi connectivity index (χ3n) is 1.63. The van der Waals surface area contributed by atoms with Gasteiger partial charge in [0.1, 0.15) is 6.04 Å². The first-order valence-electron chi connectivity index (χ1n) is 4.07. The molecule has 0 aromatic heterocycles. The summed E-state index contributed by atoms with van der Waals surface area (Å²) in [7, 11) is 0. The summed E-state index contributed by atoms with van der Waals surface area (Å²) in [6, 6.07) is -0.455. The highest BCUT2D eigenvalue weighted by atomic mass is 16.5. The van der Waals surface area contributed by atoms with E-state index in [9.17, 15) is 4.79 Å². The molecule has 0 saturated heterocycles. The lowest BCUT2D eigenvalue weighted by Crippen LogP contribution is -2.33. The Bertz CT molecular complexity index is 125. The van der Waals surface area contributed by atoms with Gasteiger partial charge in [-0.05, 0) is 19.8 Å². The van der Waals surface area contributed by atoms with Crippen molar-refractivity contribution < 1.29 is 9.53 Å². The summed E-state index contributed by atoms with van der Waals surface area (Å²) < 4.78 is 4.99. The normalized spacial score (nSPS) is 15.6. The first-order valence-corrected chi connectivity index (χ1v) is 4.07. The van der Waals surface area contributed by atoms with E-state index in [0.29, 0.717) is 6.42 Å². The molecule has 2 N–H and O–H groups in total. The van der Waals surface area contributed by atoms with Crippen LogP contribution in [0.25, 0.3) is 0 Å². The van der Waals surface area contributed by atoms with Gasteiger partial charge in [0.15, 0.2) is 0 Å². The van der Waals surface area contributed by atoms with Crippen molar-refractivity contribution in [3.63, 3.8) is 0 Å². The standard InChI is InChI=1S/C8H17NO2/c1-4-6(3)11-8(10)7(9)5-2/h6-7H,4-5,9H2,1-3H3/t6-,7+/m0/s1. The molecule has 0 aliphatic heterocycles. The molecule has 0 aliphatic rings. The molecule has 0 fully saturated rings. The maximum Gasteiger partial charge on any atom is 0.323 e. The highest BCUT2D eigenvalue weighted by Crippen LogP contribution is 1.99. The van der Waals surface area contributed by atoms with Crippen molar-refractivity contribution in [2.24, 2.45) is 5.73 Å². The van der Waals surface area contributed by atoms with Crippen molar-refractivity contribution in [1.29, 1.82) is 0 Å². The van der Waals surface area contributed by atoms with Crippen LogP contribution in [0.3, 0.4) is 0 Å². The predicted octanol–water partition coefficient (Wildman–Crippen LogP) is 1.07. The molecule has 0 spiro atoms. The van der Waals surface area contributed by atoms with Crippen molar-refractivity contribution in [3.8, 4) is 0 Å². The Morgan fingerprint density at radius 2 is 2.00 bits per heavy atom. The number of esters is 1. The molecule has 0 radical (unpaired) electrons. The van der Waals surface area contributed by atoms with Crippen LogP contribution in [0.4, 0.5) is 0 Å². The van der Waals surface area contributed by atoms with Gasteiger partial charge in [-0.25, -0.2) is 0 Å². The molecule has 2 atom stereocenters. The predicted molar refractivity (Wildman–Crippen MR) is 44.1 cm³/mol. The molecule has 11 heavy (non-hydrogen) atoms. The SMILES string of the molecule is CC[C@@H](N)C(=O)O[C@@H](C)CC. The highest BCUT2D eigenvalue weighted by Gasteiger charge is 2.14. The van der Waals surface area contributed by atoms with Crippen molar-refractivity contribution in [3.05, 3.63) is 0 Å². The minimum atomic E-state index is -0.455. The van der Waals surface area contributed by atoms with Crippen LogP contribution in [0, 0.1) is 0 Å². The Balaban J connectivity index is 3.68. The molecule has 3 heteroatoms. The lowest BCUT2D eigenvalue weighted by Gasteiger charge is -2.13. The summed E-state index contributed by atoms with van der Waals surface area (Å²) >= 11 is 0. The van der Waals surface area contributed by atoms with Crippen LogP contribution in [0.15, 0.2) is 0 Å². The molecule has 0 amide bonds. The molecule has 0 heterocycles. The zero-order valence-corrected chi connectivity index (χ0v) is 7.46. The average molecular weight is 159 g/mol. The monoisotopic (exact) mass is 159 g/mol. The Hall–Kier alpha value is -0.570. The first-order chi connectivity index (χ1) is 5.11. The van der Waals surface area contributed by atoms with Crippen LogP contribution < -0.4 is 5.73 Å². The Kier molecular flexibility index (Phi) is 4.86. The van der Waals surface area contributed by atoms with E-state index in [1.165, 1.54) is 0 Å². The fourth-order valence-electron chi connectivity index (χ4n) is 0.536. The van der Waals surface area contributed by atoms with E-state index >= 15 is 0 Å². The van der Waals surface area contributed by atoms with Crippen LogP contribution in [-0.4, -0.2) is 18.1 Å². The van der Waals surface area contributed by atoms with Gasteiger partial charge < -0.3 is 10.5 Å². The topological polar surface area (TPSA) is 52.3 Å². The molecule has 66 valence electrons. The molecule has 0 aliphatic carbocycles.